The Morgan fingerprint density at radius 3 is 2.04 bits per heavy atom. The number of hydrogen-bond acceptors (Lipinski definition) is 3. The normalized spacial score (nSPS) is 29.4. The molecule has 2 heterocycles. The standard InChI is InChI=1S/C22H16O3S/c23-19-17-13-7-8-14-18(17)26(24)21(16-11-5-2-6-12-16)22(19)20(25-22)15-9-3-1-4-10-15/h1-14,20-21H/t20-,21-,22-,26?/m0/s1. The van der Waals surface area contributed by atoms with Gasteiger partial charge in [-0.1, -0.05) is 78.9 Å². The van der Waals surface area contributed by atoms with Crippen molar-refractivity contribution in [2.45, 2.75) is 21.9 Å². The maximum Gasteiger partial charge on any atom is 0.200 e. The number of ether oxygens (including phenoxy) is 1. The predicted octanol–water partition coefficient (Wildman–Crippen LogP) is 4.24. The summed E-state index contributed by atoms with van der Waals surface area (Å²) in [5, 5.41) is -0.517. The number of epoxide rings is 1. The fourth-order valence-electron chi connectivity index (χ4n) is 3.92. The van der Waals surface area contributed by atoms with Gasteiger partial charge in [0.2, 0.25) is 5.78 Å². The Balaban J connectivity index is 1.71. The Bertz CT molecular complexity index is 1020. The van der Waals surface area contributed by atoms with E-state index in [2.05, 4.69) is 0 Å². The summed E-state index contributed by atoms with van der Waals surface area (Å²) in [6.45, 7) is 0. The topological polar surface area (TPSA) is 46.7 Å². The van der Waals surface area contributed by atoms with Crippen molar-refractivity contribution in [3.63, 3.8) is 0 Å². The van der Waals surface area contributed by atoms with Crippen molar-refractivity contribution in [2.24, 2.45) is 0 Å². The Morgan fingerprint density at radius 1 is 0.769 bits per heavy atom. The third-order valence-electron chi connectivity index (χ3n) is 5.16. The number of carbonyl (C=O) groups excluding carboxylic acids is 1. The fourth-order valence-corrected chi connectivity index (χ4v) is 5.77. The van der Waals surface area contributed by atoms with Crippen molar-refractivity contribution in [1.82, 2.24) is 0 Å². The van der Waals surface area contributed by atoms with Crippen molar-refractivity contribution >= 4 is 16.6 Å². The maximum atomic E-state index is 13.5. The first kappa shape index (κ1) is 15.7. The van der Waals surface area contributed by atoms with Crippen LogP contribution in [0, 0.1) is 0 Å². The number of hydrogen-bond donors (Lipinski definition) is 0. The van der Waals surface area contributed by atoms with Gasteiger partial charge in [-0.25, -0.2) is 0 Å². The molecular weight excluding hydrogens is 344 g/mol. The second-order valence-corrected chi connectivity index (χ2v) is 8.12. The Kier molecular flexibility index (Phi) is 3.45. The number of benzene rings is 3. The van der Waals surface area contributed by atoms with Gasteiger partial charge in [0.05, 0.1) is 15.7 Å². The van der Waals surface area contributed by atoms with Gasteiger partial charge in [0, 0.05) is 5.56 Å². The molecule has 1 fully saturated rings. The Morgan fingerprint density at radius 2 is 1.35 bits per heavy atom. The van der Waals surface area contributed by atoms with Gasteiger partial charge in [-0.15, -0.1) is 0 Å². The van der Waals surface area contributed by atoms with E-state index in [1.54, 1.807) is 12.1 Å². The van der Waals surface area contributed by atoms with Crippen LogP contribution in [0.15, 0.2) is 89.8 Å². The van der Waals surface area contributed by atoms with Gasteiger partial charge in [-0.2, -0.15) is 0 Å². The highest BCUT2D eigenvalue weighted by atomic mass is 32.2. The lowest BCUT2D eigenvalue weighted by Gasteiger charge is -2.30. The molecule has 128 valence electrons. The molecular formula is C22H16O3S. The smallest absolute Gasteiger partial charge is 0.200 e. The molecule has 0 N–H and O–H groups in total. The van der Waals surface area contributed by atoms with E-state index in [0.717, 1.165) is 11.1 Å². The molecule has 3 nitrogen and oxygen atoms in total. The first-order valence-electron chi connectivity index (χ1n) is 8.55. The minimum Gasteiger partial charge on any atom is -0.350 e. The number of rotatable bonds is 2. The highest BCUT2D eigenvalue weighted by Gasteiger charge is 2.71. The lowest BCUT2D eigenvalue weighted by atomic mass is 9.85. The van der Waals surface area contributed by atoms with Crippen molar-refractivity contribution in [2.75, 3.05) is 0 Å². The van der Waals surface area contributed by atoms with Crippen LogP contribution in [0.3, 0.4) is 0 Å². The molecule has 4 heteroatoms. The number of carbonyl (C=O) groups is 1. The van der Waals surface area contributed by atoms with Crippen LogP contribution in [0.1, 0.15) is 32.8 Å². The van der Waals surface area contributed by atoms with E-state index in [1.165, 1.54) is 0 Å². The predicted molar refractivity (Wildman–Crippen MR) is 99.4 cm³/mol. The van der Waals surface area contributed by atoms with Gasteiger partial charge in [0.1, 0.15) is 11.4 Å². The van der Waals surface area contributed by atoms with Crippen molar-refractivity contribution in [1.29, 1.82) is 0 Å². The molecule has 5 rings (SSSR count). The van der Waals surface area contributed by atoms with E-state index >= 15 is 0 Å². The van der Waals surface area contributed by atoms with Gasteiger partial charge < -0.3 is 4.74 Å². The summed E-state index contributed by atoms with van der Waals surface area (Å²) < 4.78 is 19.6. The molecule has 1 spiro atoms. The molecule has 0 aromatic heterocycles. The number of fused-ring (bicyclic) bond motifs is 1. The minimum atomic E-state index is -1.37. The summed E-state index contributed by atoms with van der Waals surface area (Å²) >= 11 is 0. The van der Waals surface area contributed by atoms with E-state index in [1.807, 2.05) is 72.8 Å². The molecule has 2 aliphatic heterocycles. The first-order chi connectivity index (χ1) is 12.7. The molecule has 3 aromatic rings. The van der Waals surface area contributed by atoms with E-state index in [-0.39, 0.29) is 11.9 Å². The monoisotopic (exact) mass is 360 g/mol. The summed E-state index contributed by atoms with van der Waals surface area (Å²) in [6.07, 6.45) is -0.376. The number of Topliss-reactive ketones (excluding diaryl/α,β-unsaturated/α-hetero) is 1. The fraction of sp³-hybridized carbons (Fsp3) is 0.136. The van der Waals surface area contributed by atoms with Crippen molar-refractivity contribution < 1.29 is 13.7 Å². The summed E-state index contributed by atoms with van der Waals surface area (Å²) in [5.41, 5.74) is 1.23. The largest absolute Gasteiger partial charge is 0.350 e. The molecule has 0 bridgehead atoms. The second kappa shape index (κ2) is 5.73. The van der Waals surface area contributed by atoms with Crippen molar-refractivity contribution in [3.8, 4) is 0 Å². The van der Waals surface area contributed by atoms with E-state index in [9.17, 15) is 9.00 Å². The molecule has 4 atom stereocenters. The molecule has 0 radical (unpaired) electrons. The van der Waals surface area contributed by atoms with E-state index in [4.69, 9.17) is 4.74 Å². The van der Waals surface area contributed by atoms with Crippen LogP contribution in [0.4, 0.5) is 0 Å². The third-order valence-corrected chi connectivity index (χ3v) is 7.00. The zero-order valence-corrected chi connectivity index (χ0v) is 14.7. The summed E-state index contributed by atoms with van der Waals surface area (Å²) in [6, 6.07) is 26.5. The van der Waals surface area contributed by atoms with Gasteiger partial charge in [0.15, 0.2) is 5.60 Å². The molecule has 3 aromatic carbocycles. The average molecular weight is 360 g/mol. The molecule has 0 aliphatic carbocycles. The lowest BCUT2D eigenvalue weighted by Crippen LogP contribution is -2.40. The number of ketones is 1. The molecule has 0 saturated carbocycles. The first-order valence-corrected chi connectivity index (χ1v) is 9.77. The molecule has 1 saturated heterocycles. The van der Waals surface area contributed by atoms with Gasteiger partial charge in [0.25, 0.3) is 0 Å². The van der Waals surface area contributed by atoms with Crippen LogP contribution >= 0.6 is 0 Å². The van der Waals surface area contributed by atoms with Crippen LogP contribution in [0.2, 0.25) is 0 Å². The van der Waals surface area contributed by atoms with Gasteiger partial charge >= 0.3 is 0 Å². The Labute approximate surface area is 154 Å². The maximum absolute atomic E-state index is 13.5. The minimum absolute atomic E-state index is 0.0737. The summed E-state index contributed by atoms with van der Waals surface area (Å²) in [4.78, 5) is 14.1. The zero-order chi connectivity index (χ0) is 17.7. The average Bonchev–Trinajstić information content (AvgIpc) is 3.44. The van der Waals surface area contributed by atoms with Crippen LogP contribution in [-0.4, -0.2) is 15.6 Å². The Hall–Kier alpha value is -2.56. The van der Waals surface area contributed by atoms with Crippen molar-refractivity contribution in [3.05, 3.63) is 102 Å². The SMILES string of the molecule is O=C1c2ccccc2S(=O)[C@@H](c2ccccc2)[C@]12O[C@H]2c1ccccc1. The van der Waals surface area contributed by atoms with Crippen LogP contribution in [-0.2, 0) is 15.5 Å². The molecule has 26 heavy (non-hydrogen) atoms. The van der Waals surface area contributed by atoms with E-state index in [0.29, 0.717) is 10.5 Å². The second-order valence-electron chi connectivity index (χ2n) is 6.62. The van der Waals surface area contributed by atoms with Gasteiger partial charge in [-0.3, -0.25) is 9.00 Å². The van der Waals surface area contributed by atoms with Gasteiger partial charge in [-0.05, 0) is 17.2 Å². The summed E-state index contributed by atoms with van der Waals surface area (Å²) in [7, 11) is -1.37. The molecule has 2 aliphatic rings. The lowest BCUT2D eigenvalue weighted by molar-refractivity contribution is 0.0859. The highest BCUT2D eigenvalue weighted by Crippen LogP contribution is 2.62. The highest BCUT2D eigenvalue weighted by molar-refractivity contribution is 7.85. The quantitative estimate of drug-likeness (QED) is 0.642. The molecule has 1 unspecified atom stereocenters. The third kappa shape index (κ3) is 2.09. The summed E-state index contributed by atoms with van der Waals surface area (Å²) in [5.74, 6) is -0.0737. The zero-order valence-electron chi connectivity index (χ0n) is 13.9. The van der Waals surface area contributed by atoms with Crippen LogP contribution in [0.5, 0.6) is 0 Å². The molecule has 0 amide bonds. The van der Waals surface area contributed by atoms with Crippen LogP contribution < -0.4 is 0 Å². The van der Waals surface area contributed by atoms with E-state index < -0.39 is 21.7 Å². The van der Waals surface area contributed by atoms with Crippen LogP contribution in [0.25, 0.3) is 0 Å².